The van der Waals surface area contributed by atoms with Crippen molar-refractivity contribution < 1.29 is 4.74 Å². The fourth-order valence-corrected chi connectivity index (χ4v) is 1.72. The van der Waals surface area contributed by atoms with Crippen molar-refractivity contribution in [1.29, 1.82) is 5.26 Å². The Balaban J connectivity index is 2.53. The first-order chi connectivity index (χ1) is 6.33. The second kappa shape index (κ2) is 3.10. The van der Waals surface area contributed by atoms with Crippen molar-refractivity contribution in [2.75, 3.05) is 6.61 Å². The summed E-state index contributed by atoms with van der Waals surface area (Å²) in [6, 6.07) is 8.28. The molecule has 0 bridgehead atoms. The Morgan fingerprint density at radius 2 is 2.38 bits per heavy atom. The Hall–Kier alpha value is -1.49. The van der Waals surface area contributed by atoms with Gasteiger partial charge in [-0.25, -0.2) is 0 Å². The molecule has 0 spiro atoms. The average molecular weight is 173 g/mol. The zero-order valence-electron chi connectivity index (χ0n) is 7.58. The molecule has 0 radical (unpaired) electrons. The van der Waals surface area contributed by atoms with Crippen LogP contribution in [-0.2, 0) is 0 Å². The van der Waals surface area contributed by atoms with Gasteiger partial charge in [0.05, 0.1) is 18.6 Å². The van der Waals surface area contributed by atoms with Gasteiger partial charge in [0.2, 0.25) is 0 Å². The standard InChI is InChI=1S/C11H11NO/c1-8-3-2-4-10-9(7-12)5-6-13-11(8)10/h2-4,9H,5-6H2,1H3. The first-order valence-electron chi connectivity index (χ1n) is 4.45. The fraction of sp³-hybridized carbons (Fsp3) is 0.364. The van der Waals surface area contributed by atoms with E-state index in [0.29, 0.717) is 6.61 Å². The highest BCUT2D eigenvalue weighted by Gasteiger charge is 2.21. The third-order valence-electron chi connectivity index (χ3n) is 2.43. The van der Waals surface area contributed by atoms with Crippen LogP contribution >= 0.6 is 0 Å². The van der Waals surface area contributed by atoms with Crippen molar-refractivity contribution in [3.63, 3.8) is 0 Å². The zero-order chi connectivity index (χ0) is 9.26. The summed E-state index contributed by atoms with van der Waals surface area (Å²) in [6.07, 6.45) is 0.812. The largest absolute Gasteiger partial charge is 0.493 e. The second-order valence-electron chi connectivity index (χ2n) is 3.31. The summed E-state index contributed by atoms with van der Waals surface area (Å²) in [4.78, 5) is 0. The lowest BCUT2D eigenvalue weighted by atomic mass is 9.93. The minimum absolute atomic E-state index is 0.0173. The topological polar surface area (TPSA) is 33.0 Å². The van der Waals surface area contributed by atoms with Gasteiger partial charge in [0.25, 0.3) is 0 Å². The van der Waals surface area contributed by atoms with Crippen molar-refractivity contribution >= 4 is 0 Å². The molecule has 0 amide bonds. The molecule has 13 heavy (non-hydrogen) atoms. The number of nitriles is 1. The first-order valence-corrected chi connectivity index (χ1v) is 4.45. The molecule has 2 nitrogen and oxygen atoms in total. The molecule has 1 aromatic carbocycles. The van der Waals surface area contributed by atoms with E-state index in [9.17, 15) is 0 Å². The lowest BCUT2D eigenvalue weighted by molar-refractivity contribution is 0.278. The maximum Gasteiger partial charge on any atom is 0.126 e. The molecule has 1 heterocycles. The van der Waals surface area contributed by atoms with Gasteiger partial charge in [0, 0.05) is 12.0 Å². The predicted molar refractivity (Wildman–Crippen MR) is 49.6 cm³/mol. The van der Waals surface area contributed by atoms with E-state index < -0.39 is 0 Å². The summed E-state index contributed by atoms with van der Waals surface area (Å²) in [6.45, 7) is 2.68. The van der Waals surface area contributed by atoms with Gasteiger partial charge in [0.1, 0.15) is 5.75 Å². The van der Waals surface area contributed by atoms with Crippen LogP contribution in [0.1, 0.15) is 23.5 Å². The summed E-state index contributed by atoms with van der Waals surface area (Å²) in [5, 5.41) is 8.92. The quantitative estimate of drug-likeness (QED) is 0.603. The van der Waals surface area contributed by atoms with Crippen LogP contribution in [0.25, 0.3) is 0 Å². The number of aryl methyl sites for hydroxylation is 1. The van der Waals surface area contributed by atoms with E-state index in [1.807, 2.05) is 25.1 Å². The number of benzene rings is 1. The van der Waals surface area contributed by atoms with Crippen LogP contribution in [0.15, 0.2) is 18.2 Å². The number of ether oxygens (including phenoxy) is 1. The number of nitrogens with zero attached hydrogens (tertiary/aromatic N) is 1. The molecule has 0 aliphatic carbocycles. The van der Waals surface area contributed by atoms with E-state index in [1.165, 1.54) is 0 Å². The lowest BCUT2D eigenvalue weighted by Gasteiger charge is -2.22. The summed E-state index contributed by atoms with van der Waals surface area (Å²) < 4.78 is 5.54. The smallest absolute Gasteiger partial charge is 0.126 e. The summed E-state index contributed by atoms with van der Waals surface area (Å²) in [5.41, 5.74) is 2.17. The van der Waals surface area contributed by atoms with Crippen molar-refractivity contribution in [3.05, 3.63) is 29.3 Å². The maximum absolute atomic E-state index is 8.92. The molecule has 0 saturated carbocycles. The Morgan fingerprint density at radius 3 is 3.15 bits per heavy atom. The fourth-order valence-electron chi connectivity index (χ4n) is 1.72. The van der Waals surface area contributed by atoms with E-state index in [4.69, 9.17) is 10.00 Å². The molecule has 2 heteroatoms. The van der Waals surface area contributed by atoms with Crippen LogP contribution in [0, 0.1) is 18.3 Å². The van der Waals surface area contributed by atoms with Crippen LogP contribution in [-0.4, -0.2) is 6.61 Å². The van der Waals surface area contributed by atoms with Crippen LogP contribution in [0.5, 0.6) is 5.75 Å². The van der Waals surface area contributed by atoms with Gasteiger partial charge >= 0.3 is 0 Å². The van der Waals surface area contributed by atoms with Crippen LogP contribution < -0.4 is 4.74 Å². The van der Waals surface area contributed by atoms with Crippen LogP contribution in [0.3, 0.4) is 0 Å². The van der Waals surface area contributed by atoms with Gasteiger partial charge in [-0.2, -0.15) is 5.26 Å². The molecular weight excluding hydrogens is 162 g/mol. The zero-order valence-corrected chi connectivity index (χ0v) is 7.58. The van der Waals surface area contributed by atoms with E-state index in [2.05, 4.69) is 6.07 Å². The van der Waals surface area contributed by atoms with Crippen molar-refractivity contribution in [1.82, 2.24) is 0 Å². The van der Waals surface area contributed by atoms with Crippen molar-refractivity contribution in [2.24, 2.45) is 0 Å². The van der Waals surface area contributed by atoms with Crippen LogP contribution in [0.2, 0.25) is 0 Å². The molecule has 2 rings (SSSR count). The summed E-state index contributed by atoms with van der Waals surface area (Å²) in [7, 11) is 0. The van der Waals surface area contributed by atoms with Gasteiger partial charge in [-0.05, 0) is 12.5 Å². The van der Waals surface area contributed by atoms with Crippen molar-refractivity contribution in [3.8, 4) is 11.8 Å². The highest BCUT2D eigenvalue weighted by atomic mass is 16.5. The molecule has 66 valence electrons. The highest BCUT2D eigenvalue weighted by molar-refractivity contribution is 5.45. The number of hydrogen-bond acceptors (Lipinski definition) is 2. The normalized spacial score (nSPS) is 19.8. The molecule has 0 N–H and O–H groups in total. The molecule has 0 fully saturated rings. The SMILES string of the molecule is Cc1cccc2c1OCCC2C#N. The molecule has 1 unspecified atom stereocenters. The monoisotopic (exact) mass is 173 g/mol. The van der Waals surface area contributed by atoms with E-state index in [0.717, 1.165) is 23.3 Å². The first kappa shape index (κ1) is 8.12. The van der Waals surface area contributed by atoms with E-state index >= 15 is 0 Å². The predicted octanol–water partition coefficient (Wildman–Crippen LogP) is 2.38. The van der Waals surface area contributed by atoms with Gasteiger partial charge < -0.3 is 4.74 Å². The molecule has 0 aromatic heterocycles. The molecule has 1 aliphatic heterocycles. The highest BCUT2D eigenvalue weighted by Crippen LogP contribution is 2.35. The van der Waals surface area contributed by atoms with Gasteiger partial charge in [-0.1, -0.05) is 18.2 Å². The molecular formula is C11H11NO. The number of fused-ring (bicyclic) bond motifs is 1. The van der Waals surface area contributed by atoms with Gasteiger partial charge in [-0.15, -0.1) is 0 Å². The van der Waals surface area contributed by atoms with Gasteiger partial charge in [-0.3, -0.25) is 0 Å². The summed E-state index contributed by atoms with van der Waals surface area (Å²) in [5.74, 6) is 0.934. The third-order valence-corrected chi connectivity index (χ3v) is 2.43. The lowest BCUT2D eigenvalue weighted by Crippen LogP contribution is -2.13. The summed E-state index contributed by atoms with van der Waals surface area (Å²) >= 11 is 0. The Morgan fingerprint density at radius 1 is 1.54 bits per heavy atom. The Labute approximate surface area is 77.8 Å². The van der Waals surface area contributed by atoms with Crippen molar-refractivity contribution in [2.45, 2.75) is 19.3 Å². The number of para-hydroxylation sites is 1. The van der Waals surface area contributed by atoms with E-state index in [1.54, 1.807) is 0 Å². The average Bonchev–Trinajstić information content (AvgIpc) is 2.18. The molecule has 1 aliphatic rings. The molecule has 1 aromatic rings. The van der Waals surface area contributed by atoms with E-state index in [-0.39, 0.29) is 5.92 Å². The third kappa shape index (κ3) is 1.27. The molecule has 0 saturated heterocycles. The van der Waals surface area contributed by atoms with Gasteiger partial charge in [0.15, 0.2) is 0 Å². The second-order valence-corrected chi connectivity index (χ2v) is 3.31. The minimum atomic E-state index is 0.0173. The molecule has 1 atom stereocenters. The van der Waals surface area contributed by atoms with Crippen LogP contribution in [0.4, 0.5) is 0 Å². The number of rotatable bonds is 0. The minimum Gasteiger partial charge on any atom is -0.493 e. The maximum atomic E-state index is 8.92. The Kier molecular flexibility index (Phi) is 1.94. The number of hydrogen-bond donors (Lipinski definition) is 0. The Bertz CT molecular complexity index is 365.